The van der Waals surface area contributed by atoms with E-state index in [1.807, 2.05) is 36.4 Å². The van der Waals surface area contributed by atoms with E-state index in [2.05, 4.69) is 20.9 Å². The first-order chi connectivity index (χ1) is 23.2. The molecule has 0 bridgehead atoms. The second kappa shape index (κ2) is 13.7. The second-order valence-electron chi connectivity index (χ2n) is 13.0. The van der Waals surface area contributed by atoms with E-state index in [9.17, 15) is 9.90 Å². The van der Waals surface area contributed by atoms with Crippen molar-refractivity contribution in [2.24, 2.45) is 5.92 Å². The summed E-state index contributed by atoms with van der Waals surface area (Å²) >= 11 is 14.3. The van der Waals surface area contributed by atoms with Crippen LogP contribution in [0, 0.1) is 5.92 Å². The van der Waals surface area contributed by atoms with Gasteiger partial charge in [-0.25, -0.2) is 9.97 Å². The number of hydrogen-bond acceptors (Lipinski definition) is 9. The van der Waals surface area contributed by atoms with Gasteiger partial charge in [-0.3, -0.25) is 19.6 Å². The van der Waals surface area contributed by atoms with Crippen molar-refractivity contribution in [1.82, 2.24) is 24.8 Å². The van der Waals surface area contributed by atoms with E-state index in [-0.39, 0.29) is 23.8 Å². The Bertz CT molecular complexity index is 1860. The van der Waals surface area contributed by atoms with Crippen LogP contribution in [0.15, 0.2) is 48.7 Å². The molecule has 2 atom stereocenters. The molecule has 7 rings (SSSR count). The van der Waals surface area contributed by atoms with Crippen molar-refractivity contribution in [3.8, 4) is 45.4 Å². The Morgan fingerprint density at radius 3 is 2.21 bits per heavy atom. The molecule has 1 unspecified atom stereocenters. The number of nitrogens with zero attached hydrogens (tertiary/aromatic N) is 5. The zero-order valence-electron chi connectivity index (χ0n) is 27.4. The van der Waals surface area contributed by atoms with Gasteiger partial charge in [0.1, 0.15) is 11.5 Å². The predicted octanol–water partition coefficient (Wildman–Crippen LogP) is 6.66. The number of halogens is 2. The lowest BCUT2D eigenvalue weighted by Gasteiger charge is -2.36. The molecular weight excluding hydrogens is 649 g/mol. The van der Waals surface area contributed by atoms with Gasteiger partial charge in [0.05, 0.1) is 48.0 Å². The summed E-state index contributed by atoms with van der Waals surface area (Å²) in [7, 11) is 3.24. The number of rotatable bonds is 9. The van der Waals surface area contributed by atoms with E-state index in [1.165, 1.54) is 5.56 Å². The molecule has 4 aromatic rings. The smallest absolute Gasteiger partial charge is 0.237 e. The molecule has 1 aliphatic carbocycles. The quantitative estimate of drug-likeness (QED) is 0.207. The number of aliphatic hydroxyl groups excluding tert-OH is 1. The van der Waals surface area contributed by atoms with Gasteiger partial charge in [-0.05, 0) is 50.8 Å². The molecule has 4 heterocycles. The van der Waals surface area contributed by atoms with E-state index in [0.29, 0.717) is 58.4 Å². The number of likely N-dealkylation sites (tertiary alicyclic amines) is 2. The summed E-state index contributed by atoms with van der Waals surface area (Å²) in [5, 5.41) is 10.7. The average Bonchev–Trinajstić information content (AvgIpc) is 3.52. The number of hydrogen-bond donors (Lipinski definition) is 1. The highest BCUT2D eigenvalue weighted by molar-refractivity contribution is 6.39. The maximum Gasteiger partial charge on any atom is 0.237 e. The van der Waals surface area contributed by atoms with Crippen LogP contribution in [0.3, 0.4) is 0 Å². The van der Waals surface area contributed by atoms with Crippen LogP contribution >= 0.6 is 23.2 Å². The normalized spacial score (nSPS) is 20.0. The summed E-state index contributed by atoms with van der Waals surface area (Å²) in [5.41, 5.74) is 7.39. The van der Waals surface area contributed by atoms with Gasteiger partial charge < -0.3 is 14.6 Å². The van der Waals surface area contributed by atoms with Gasteiger partial charge in [0.15, 0.2) is 0 Å². The van der Waals surface area contributed by atoms with Crippen LogP contribution in [0.25, 0.3) is 33.6 Å². The average molecular weight is 689 g/mol. The van der Waals surface area contributed by atoms with Crippen LogP contribution < -0.4 is 9.47 Å². The zero-order valence-corrected chi connectivity index (χ0v) is 28.9. The fourth-order valence-corrected chi connectivity index (χ4v) is 8.07. The number of carbonyl (C=O) groups is 1. The highest BCUT2D eigenvalue weighted by Gasteiger charge is 2.36. The first-order valence-corrected chi connectivity index (χ1v) is 17.2. The second-order valence-corrected chi connectivity index (χ2v) is 13.7. The number of β-amino-alcohol motifs (C(OH)–C–C–N with tert-alkyl or cyclic N) is 1. The molecule has 9 nitrogen and oxygen atoms in total. The lowest BCUT2D eigenvalue weighted by atomic mass is 9.92. The molecule has 11 heteroatoms. The predicted molar refractivity (Wildman–Crippen MR) is 187 cm³/mol. The maximum atomic E-state index is 12.2. The number of ether oxygens (including phenoxy) is 2. The van der Waals surface area contributed by atoms with Crippen molar-refractivity contribution in [2.75, 3.05) is 40.4 Å². The van der Waals surface area contributed by atoms with Crippen molar-refractivity contribution >= 4 is 29.0 Å². The van der Waals surface area contributed by atoms with Crippen LogP contribution in [0.2, 0.25) is 10.0 Å². The van der Waals surface area contributed by atoms with E-state index < -0.39 is 0 Å². The first kappa shape index (κ1) is 32.9. The number of carbonyl (C=O) groups excluding carboxylic acids is 1. The van der Waals surface area contributed by atoms with Crippen LogP contribution in [0.4, 0.5) is 0 Å². The molecule has 2 fully saturated rings. The minimum atomic E-state index is -0.296. The first-order valence-electron chi connectivity index (χ1n) is 16.5. The van der Waals surface area contributed by atoms with Crippen molar-refractivity contribution in [3.05, 3.63) is 75.5 Å². The van der Waals surface area contributed by atoms with Gasteiger partial charge >= 0.3 is 0 Å². The lowest BCUT2D eigenvalue weighted by Crippen LogP contribution is -2.50. The van der Waals surface area contributed by atoms with Crippen molar-refractivity contribution in [3.63, 3.8) is 0 Å². The van der Waals surface area contributed by atoms with Crippen LogP contribution in [0.1, 0.15) is 49.0 Å². The topological polar surface area (TPSA) is 101 Å². The molecule has 2 aromatic carbocycles. The Kier molecular flexibility index (Phi) is 9.41. The fourth-order valence-electron chi connectivity index (χ4n) is 7.42. The van der Waals surface area contributed by atoms with Gasteiger partial charge in [-0.15, -0.1) is 0 Å². The van der Waals surface area contributed by atoms with Crippen LogP contribution in [0.5, 0.6) is 11.8 Å². The number of aliphatic hydroxyl groups is 1. The summed E-state index contributed by atoms with van der Waals surface area (Å²) in [4.78, 5) is 31.1. The molecule has 0 amide bonds. The van der Waals surface area contributed by atoms with E-state index >= 15 is 0 Å². The van der Waals surface area contributed by atoms with Gasteiger partial charge in [0.25, 0.3) is 0 Å². The molecule has 0 spiro atoms. The Morgan fingerprint density at radius 2 is 1.56 bits per heavy atom. The number of aryl methyl sites for hydroxylation is 1. The highest BCUT2D eigenvalue weighted by atomic mass is 35.5. The van der Waals surface area contributed by atoms with Crippen molar-refractivity contribution in [1.29, 1.82) is 0 Å². The molecule has 3 aliphatic rings. The molecule has 250 valence electrons. The molecule has 0 radical (unpaired) electrons. The van der Waals surface area contributed by atoms with Gasteiger partial charge in [0.2, 0.25) is 11.8 Å². The molecule has 48 heavy (non-hydrogen) atoms. The number of aromatic nitrogens is 3. The summed E-state index contributed by atoms with van der Waals surface area (Å²) in [6.45, 7) is 5.22. The monoisotopic (exact) mass is 687 g/mol. The number of piperidine rings is 1. The third-order valence-electron chi connectivity index (χ3n) is 9.95. The standard InChI is InChI=1S/C37H39Cl2N5O4/c1-21(45)23-7-6-14-44(17-23)32-13-12-22-15-29(41-37(48-3)33(22)32)27-10-4-8-25(34(27)38)26-9-5-11-28(35(26)39)30-16-40-31(36(42-30)47-2)20-43-18-24(46)19-43/h4-5,8-11,15-16,23-24,32,46H,6-7,12-14,17-20H2,1-3H3/t23-,32?/m0/s1. The zero-order chi connectivity index (χ0) is 33.5. The SMILES string of the molecule is COc1nc(-c2cccc(-c3cccc(-c4cc5c(c(OC)n4)C(N4CCC[C@H](C(C)=O)C4)CC5)c3Cl)c2Cl)cnc1CN1CC(O)C1. The van der Waals surface area contributed by atoms with Crippen molar-refractivity contribution in [2.45, 2.75) is 51.3 Å². The van der Waals surface area contributed by atoms with Gasteiger partial charge in [-0.1, -0.05) is 59.6 Å². The molecule has 2 aliphatic heterocycles. The number of Topliss-reactive ketones (excluding diaryl/α,β-unsaturated/α-hetero) is 1. The highest BCUT2D eigenvalue weighted by Crippen LogP contribution is 2.46. The third-order valence-corrected chi connectivity index (χ3v) is 10.8. The Labute approximate surface area is 290 Å². The van der Waals surface area contributed by atoms with Gasteiger partial charge in [0, 0.05) is 66.0 Å². The summed E-state index contributed by atoms with van der Waals surface area (Å²) in [6.07, 6.45) is 5.26. The molecule has 2 saturated heterocycles. The molecule has 1 N–H and O–H groups in total. The van der Waals surface area contributed by atoms with Crippen LogP contribution in [-0.2, 0) is 17.8 Å². The Hall–Kier alpha value is -3.60. The molecule has 2 aromatic heterocycles. The molecule has 0 saturated carbocycles. The Balaban J connectivity index is 1.20. The molecular formula is C37H39Cl2N5O4. The summed E-state index contributed by atoms with van der Waals surface area (Å²) in [5.74, 6) is 1.39. The van der Waals surface area contributed by atoms with E-state index in [1.54, 1.807) is 27.3 Å². The minimum Gasteiger partial charge on any atom is -0.481 e. The van der Waals surface area contributed by atoms with E-state index in [0.717, 1.165) is 66.7 Å². The van der Waals surface area contributed by atoms with Gasteiger partial charge in [-0.2, -0.15) is 0 Å². The number of benzene rings is 2. The third kappa shape index (κ3) is 6.18. The largest absolute Gasteiger partial charge is 0.481 e. The van der Waals surface area contributed by atoms with E-state index in [4.69, 9.17) is 42.6 Å². The van der Waals surface area contributed by atoms with Crippen molar-refractivity contribution < 1.29 is 19.4 Å². The maximum absolute atomic E-state index is 12.2. The summed E-state index contributed by atoms with van der Waals surface area (Å²) < 4.78 is 11.5. The number of methoxy groups -OCH3 is 2. The number of fused-ring (bicyclic) bond motifs is 1. The number of ketones is 1. The minimum absolute atomic E-state index is 0.0901. The lowest BCUT2D eigenvalue weighted by molar-refractivity contribution is -0.122. The fraction of sp³-hybridized carbons (Fsp3) is 0.405. The Morgan fingerprint density at radius 1 is 0.917 bits per heavy atom. The number of pyridine rings is 1. The van der Waals surface area contributed by atoms with Crippen LogP contribution in [-0.4, -0.2) is 82.1 Å². The summed E-state index contributed by atoms with van der Waals surface area (Å²) in [6, 6.07) is 14.0.